The monoisotopic (exact) mass is 271 g/mol. The van der Waals surface area contributed by atoms with Crippen LogP contribution in [0.2, 0.25) is 0 Å². The van der Waals surface area contributed by atoms with E-state index in [-0.39, 0.29) is 0 Å². The van der Waals surface area contributed by atoms with Crippen molar-refractivity contribution in [2.75, 3.05) is 6.61 Å². The lowest BCUT2D eigenvalue weighted by Gasteiger charge is -2.18. The summed E-state index contributed by atoms with van der Waals surface area (Å²) in [5, 5.41) is 3.88. The van der Waals surface area contributed by atoms with Crippen LogP contribution in [-0.4, -0.2) is 22.4 Å². The smallest absolute Gasteiger partial charge is 0.114 e. The van der Waals surface area contributed by atoms with Gasteiger partial charge in [-0.15, -0.1) is 0 Å². The van der Waals surface area contributed by atoms with E-state index in [0.717, 1.165) is 18.4 Å². The van der Waals surface area contributed by atoms with E-state index in [1.54, 1.807) is 6.21 Å². The highest BCUT2D eigenvalue weighted by molar-refractivity contribution is 5.79. The van der Waals surface area contributed by atoms with E-state index in [4.69, 9.17) is 4.84 Å². The highest BCUT2D eigenvalue weighted by Crippen LogP contribution is 2.23. The molecule has 0 spiro atoms. The van der Waals surface area contributed by atoms with E-state index < -0.39 is 0 Å². The highest BCUT2D eigenvalue weighted by Gasteiger charge is 2.11. The molecule has 106 valence electrons. The Morgan fingerprint density at radius 2 is 2.10 bits per heavy atom. The Labute approximate surface area is 120 Å². The standard InChI is InChI=1S/C16H21N3O/c1-3-5-16(19-11-10-17-13-19)15-8-6-14(7-9-15)12-18-20-4-2/h6-13,16H,3-5H2,1-2H3. The molecule has 0 radical (unpaired) electrons. The number of aromatic nitrogens is 2. The molecule has 4 nitrogen and oxygen atoms in total. The van der Waals surface area contributed by atoms with Crippen LogP contribution >= 0.6 is 0 Å². The Morgan fingerprint density at radius 3 is 2.70 bits per heavy atom. The molecule has 2 aromatic rings. The zero-order valence-electron chi connectivity index (χ0n) is 12.1. The Morgan fingerprint density at radius 1 is 1.30 bits per heavy atom. The Balaban J connectivity index is 2.14. The third kappa shape index (κ3) is 3.70. The normalized spacial score (nSPS) is 12.7. The molecule has 20 heavy (non-hydrogen) atoms. The lowest BCUT2D eigenvalue weighted by Crippen LogP contribution is -2.08. The summed E-state index contributed by atoms with van der Waals surface area (Å²) in [6.07, 6.45) is 9.69. The topological polar surface area (TPSA) is 39.4 Å². The first-order chi connectivity index (χ1) is 9.85. The largest absolute Gasteiger partial charge is 0.396 e. The number of rotatable bonds is 7. The van der Waals surface area contributed by atoms with Gasteiger partial charge in [0.1, 0.15) is 6.61 Å². The van der Waals surface area contributed by atoms with Gasteiger partial charge in [-0.1, -0.05) is 42.8 Å². The Hall–Kier alpha value is -2.10. The summed E-state index contributed by atoms with van der Waals surface area (Å²) in [4.78, 5) is 9.11. The Bertz CT molecular complexity index is 517. The number of nitrogens with zero attached hydrogens (tertiary/aromatic N) is 3. The van der Waals surface area contributed by atoms with E-state index in [0.29, 0.717) is 12.6 Å². The van der Waals surface area contributed by atoms with E-state index in [1.165, 1.54) is 5.56 Å². The van der Waals surface area contributed by atoms with Gasteiger partial charge in [0.25, 0.3) is 0 Å². The molecule has 0 aliphatic heterocycles. The van der Waals surface area contributed by atoms with Gasteiger partial charge in [-0.25, -0.2) is 4.98 Å². The van der Waals surface area contributed by atoms with Crippen molar-refractivity contribution >= 4 is 6.21 Å². The fraction of sp³-hybridized carbons (Fsp3) is 0.375. The number of imidazole rings is 1. The number of benzene rings is 1. The maximum atomic E-state index is 4.97. The van der Waals surface area contributed by atoms with Gasteiger partial charge in [0.15, 0.2) is 0 Å². The van der Waals surface area contributed by atoms with Crippen LogP contribution in [0.3, 0.4) is 0 Å². The summed E-state index contributed by atoms with van der Waals surface area (Å²) in [5.74, 6) is 0. The second kappa shape index (κ2) is 7.48. The average Bonchev–Trinajstić information content (AvgIpc) is 3.00. The predicted molar refractivity (Wildman–Crippen MR) is 80.9 cm³/mol. The molecule has 0 N–H and O–H groups in total. The number of oxime groups is 1. The minimum Gasteiger partial charge on any atom is -0.396 e. The molecule has 1 atom stereocenters. The fourth-order valence-corrected chi connectivity index (χ4v) is 2.19. The van der Waals surface area contributed by atoms with Crippen LogP contribution in [0.1, 0.15) is 43.9 Å². The lowest BCUT2D eigenvalue weighted by molar-refractivity contribution is 0.160. The molecule has 0 bridgehead atoms. The molecule has 2 rings (SSSR count). The maximum absolute atomic E-state index is 4.97. The van der Waals surface area contributed by atoms with Crippen LogP contribution < -0.4 is 0 Å². The zero-order valence-corrected chi connectivity index (χ0v) is 12.1. The van der Waals surface area contributed by atoms with Crippen molar-refractivity contribution in [2.45, 2.75) is 32.7 Å². The summed E-state index contributed by atoms with van der Waals surface area (Å²) in [6.45, 7) is 4.71. The van der Waals surface area contributed by atoms with Crippen molar-refractivity contribution in [1.82, 2.24) is 9.55 Å². The molecule has 1 aromatic carbocycles. The predicted octanol–water partition coefficient (Wildman–Crippen LogP) is 3.64. The molecule has 1 heterocycles. The van der Waals surface area contributed by atoms with Gasteiger partial charge in [0, 0.05) is 12.4 Å². The number of hydrogen-bond acceptors (Lipinski definition) is 3. The molecule has 0 aliphatic carbocycles. The van der Waals surface area contributed by atoms with Gasteiger partial charge in [-0.2, -0.15) is 0 Å². The van der Waals surface area contributed by atoms with Crippen LogP contribution in [0.4, 0.5) is 0 Å². The summed E-state index contributed by atoms with van der Waals surface area (Å²) in [7, 11) is 0. The molecule has 0 saturated carbocycles. The molecule has 1 unspecified atom stereocenters. The van der Waals surface area contributed by atoms with Gasteiger partial charge in [-0.05, 0) is 24.5 Å². The van der Waals surface area contributed by atoms with Crippen molar-refractivity contribution in [3.63, 3.8) is 0 Å². The summed E-state index contributed by atoms with van der Waals surface area (Å²) in [6, 6.07) is 8.77. The number of hydrogen-bond donors (Lipinski definition) is 0. The zero-order chi connectivity index (χ0) is 14.2. The molecule has 0 fully saturated rings. The summed E-state index contributed by atoms with van der Waals surface area (Å²) >= 11 is 0. The highest BCUT2D eigenvalue weighted by atomic mass is 16.6. The molecule has 0 amide bonds. The van der Waals surface area contributed by atoms with Crippen molar-refractivity contribution < 1.29 is 4.84 Å². The third-order valence-corrected chi connectivity index (χ3v) is 3.17. The van der Waals surface area contributed by atoms with Crippen LogP contribution in [0.15, 0.2) is 48.1 Å². The third-order valence-electron chi connectivity index (χ3n) is 3.17. The quantitative estimate of drug-likeness (QED) is 0.569. The second-order valence-electron chi connectivity index (χ2n) is 4.63. The fourth-order valence-electron chi connectivity index (χ4n) is 2.19. The lowest BCUT2D eigenvalue weighted by atomic mass is 10.0. The van der Waals surface area contributed by atoms with Crippen molar-refractivity contribution in [3.05, 3.63) is 54.1 Å². The SMILES string of the molecule is CCCC(c1ccc(C=NOCC)cc1)n1ccnc1. The van der Waals surface area contributed by atoms with Gasteiger partial charge >= 0.3 is 0 Å². The van der Waals surface area contributed by atoms with E-state index in [9.17, 15) is 0 Å². The van der Waals surface area contributed by atoms with Gasteiger partial charge in [-0.3, -0.25) is 0 Å². The minimum absolute atomic E-state index is 0.348. The Kier molecular flexibility index (Phi) is 5.35. The average molecular weight is 271 g/mol. The van der Waals surface area contributed by atoms with Gasteiger partial charge in [0.2, 0.25) is 0 Å². The molecule has 4 heteroatoms. The molecule has 0 aliphatic rings. The van der Waals surface area contributed by atoms with E-state index in [1.807, 2.05) is 25.6 Å². The van der Waals surface area contributed by atoms with Gasteiger partial charge < -0.3 is 9.40 Å². The molecular weight excluding hydrogens is 250 g/mol. The van der Waals surface area contributed by atoms with Crippen molar-refractivity contribution in [2.24, 2.45) is 5.16 Å². The van der Waals surface area contributed by atoms with Crippen LogP contribution in [0.5, 0.6) is 0 Å². The maximum Gasteiger partial charge on any atom is 0.114 e. The first-order valence-corrected chi connectivity index (χ1v) is 7.07. The molecular formula is C16H21N3O. The first-order valence-electron chi connectivity index (χ1n) is 7.07. The van der Waals surface area contributed by atoms with Crippen LogP contribution in [-0.2, 0) is 4.84 Å². The van der Waals surface area contributed by atoms with Crippen molar-refractivity contribution in [1.29, 1.82) is 0 Å². The van der Waals surface area contributed by atoms with E-state index in [2.05, 4.69) is 45.9 Å². The molecule has 1 aromatic heterocycles. The molecule has 0 saturated heterocycles. The van der Waals surface area contributed by atoms with E-state index >= 15 is 0 Å². The minimum atomic E-state index is 0.348. The van der Waals surface area contributed by atoms with Gasteiger partial charge in [0.05, 0.1) is 18.6 Å². The summed E-state index contributed by atoms with van der Waals surface area (Å²) < 4.78 is 2.16. The van der Waals surface area contributed by atoms with Crippen LogP contribution in [0.25, 0.3) is 0 Å². The second-order valence-corrected chi connectivity index (χ2v) is 4.63. The summed E-state index contributed by atoms with van der Waals surface area (Å²) in [5.41, 5.74) is 2.33. The first kappa shape index (κ1) is 14.3. The van der Waals surface area contributed by atoms with Crippen LogP contribution in [0, 0.1) is 0 Å². The van der Waals surface area contributed by atoms with Crippen molar-refractivity contribution in [3.8, 4) is 0 Å².